The van der Waals surface area contributed by atoms with Crippen molar-refractivity contribution in [2.75, 3.05) is 18.9 Å². The Morgan fingerprint density at radius 2 is 2.50 bits per heavy atom. The fraction of sp³-hybridized carbons (Fsp3) is 0.667. The largest absolute Gasteiger partial charge is 0.396 e. The van der Waals surface area contributed by atoms with Crippen molar-refractivity contribution in [2.45, 2.75) is 38.8 Å². The predicted molar refractivity (Wildman–Crippen MR) is 68.2 cm³/mol. The number of nitrogens with zero attached hydrogens (tertiary/aromatic N) is 2. The van der Waals surface area contributed by atoms with Gasteiger partial charge in [0, 0.05) is 13.2 Å². The van der Waals surface area contributed by atoms with E-state index in [-0.39, 0.29) is 11.4 Å². The summed E-state index contributed by atoms with van der Waals surface area (Å²) in [6, 6.07) is 0. The molecule has 6 nitrogen and oxygen atoms in total. The van der Waals surface area contributed by atoms with Gasteiger partial charge in [0.2, 0.25) is 0 Å². The lowest BCUT2D eigenvalue weighted by molar-refractivity contribution is 0.0270. The van der Waals surface area contributed by atoms with Crippen LogP contribution < -0.4 is 11.1 Å². The van der Waals surface area contributed by atoms with Crippen molar-refractivity contribution in [3.63, 3.8) is 0 Å². The molecule has 2 heterocycles. The number of aromatic nitrogens is 2. The first-order chi connectivity index (χ1) is 8.56. The van der Waals surface area contributed by atoms with Gasteiger partial charge in [-0.1, -0.05) is 0 Å². The van der Waals surface area contributed by atoms with Gasteiger partial charge in [-0.3, -0.25) is 9.48 Å². The molecule has 0 radical (unpaired) electrons. The highest BCUT2D eigenvalue weighted by molar-refractivity contribution is 5.97. The Labute approximate surface area is 106 Å². The number of carbonyl (C=O) groups excluding carboxylic acids is 1. The number of hydrogen-bond acceptors (Lipinski definition) is 4. The smallest absolute Gasteiger partial charge is 0.272 e. The molecular weight excluding hydrogens is 232 g/mol. The van der Waals surface area contributed by atoms with Crippen LogP contribution in [-0.2, 0) is 11.3 Å². The lowest BCUT2D eigenvalue weighted by Crippen LogP contribution is -2.52. The first-order valence-electron chi connectivity index (χ1n) is 6.27. The SMILES string of the molecule is CCn1ncc(N)c1C(=O)NC1(C)CCCOC1. The van der Waals surface area contributed by atoms with Crippen LogP contribution in [0.1, 0.15) is 37.2 Å². The van der Waals surface area contributed by atoms with E-state index < -0.39 is 0 Å². The van der Waals surface area contributed by atoms with Gasteiger partial charge in [0.15, 0.2) is 0 Å². The standard InChI is InChI=1S/C12H20N4O2/c1-3-16-10(9(13)7-14-16)11(17)15-12(2)5-4-6-18-8-12/h7H,3-6,8,13H2,1-2H3,(H,15,17). The van der Waals surface area contributed by atoms with Crippen LogP contribution in [0.25, 0.3) is 0 Å². The molecule has 1 unspecified atom stereocenters. The predicted octanol–water partition coefficient (Wildman–Crippen LogP) is 0.784. The highest BCUT2D eigenvalue weighted by Crippen LogP contribution is 2.20. The zero-order valence-electron chi connectivity index (χ0n) is 10.9. The van der Waals surface area contributed by atoms with Crippen molar-refractivity contribution in [1.29, 1.82) is 0 Å². The van der Waals surface area contributed by atoms with E-state index in [2.05, 4.69) is 10.4 Å². The Balaban J connectivity index is 2.13. The maximum Gasteiger partial charge on any atom is 0.272 e. The van der Waals surface area contributed by atoms with E-state index in [1.807, 2.05) is 13.8 Å². The summed E-state index contributed by atoms with van der Waals surface area (Å²) < 4.78 is 7.03. The number of aryl methyl sites for hydroxylation is 1. The van der Waals surface area contributed by atoms with Crippen molar-refractivity contribution in [3.8, 4) is 0 Å². The average Bonchev–Trinajstić information content (AvgIpc) is 2.70. The van der Waals surface area contributed by atoms with Crippen molar-refractivity contribution >= 4 is 11.6 Å². The molecule has 18 heavy (non-hydrogen) atoms. The molecule has 0 spiro atoms. The van der Waals surface area contributed by atoms with Crippen molar-refractivity contribution in [2.24, 2.45) is 0 Å². The zero-order valence-corrected chi connectivity index (χ0v) is 10.9. The topological polar surface area (TPSA) is 82.2 Å². The van der Waals surface area contributed by atoms with Gasteiger partial charge in [-0.05, 0) is 26.7 Å². The summed E-state index contributed by atoms with van der Waals surface area (Å²) in [4.78, 5) is 12.3. The number of amides is 1. The zero-order chi connectivity index (χ0) is 13.2. The first-order valence-corrected chi connectivity index (χ1v) is 6.27. The van der Waals surface area contributed by atoms with Crippen LogP contribution in [-0.4, -0.2) is 34.4 Å². The van der Waals surface area contributed by atoms with Crippen LogP contribution in [0.5, 0.6) is 0 Å². The molecule has 100 valence electrons. The molecule has 3 N–H and O–H groups in total. The van der Waals surface area contributed by atoms with E-state index in [9.17, 15) is 4.79 Å². The van der Waals surface area contributed by atoms with Crippen molar-refractivity contribution in [1.82, 2.24) is 15.1 Å². The molecular formula is C12H20N4O2. The van der Waals surface area contributed by atoms with Gasteiger partial charge in [0.05, 0.1) is 24.0 Å². The Morgan fingerprint density at radius 3 is 3.11 bits per heavy atom. The molecule has 0 aromatic carbocycles. The van der Waals surface area contributed by atoms with Crippen molar-refractivity contribution in [3.05, 3.63) is 11.9 Å². The molecule has 1 aromatic rings. The number of nitrogens with one attached hydrogen (secondary N) is 1. The van der Waals surface area contributed by atoms with Gasteiger partial charge in [0.1, 0.15) is 5.69 Å². The minimum absolute atomic E-state index is 0.181. The highest BCUT2D eigenvalue weighted by atomic mass is 16.5. The van der Waals surface area contributed by atoms with E-state index in [1.165, 1.54) is 6.20 Å². The molecule has 0 aliphatic carbocycles. The van der Waals surface area contributed by atoms with E-state index in [4.69, 9.17) is 10.5 Å². The third kappa shape index (κ3) is 2.48. The number of hydrogen-bond donors (Lipinski definition) is 2. The number of nitrogens with two attached hydrogens (primary N) is 1. The number of anilines is 1. The quantitative estimate of drug-likeness (QED) is 0.833. The molecule has 1 saturated heterocycles. The molecule has 6 heteroatoms. The molecule has 2 rings (SSSR count). The second kappa shape index (κ2) is 4.97. The second-order valence-electron chi connectivity index (χ2n) is 4.94. The Hall–Kier alpha value is -1.56. The highest BCUT2D eigenvalue weighted by Gasteiger charge is 2.31. The summed E-state index contributed by atoms with van der Waals surface area (Å²) >= 11 is 0. The number of rotatable bonds is 3. The molecule has 1 aromatic heterocycles. The Kier molecular flexibility index (Phi) is 3.56. The molecule has 0 bridgehead atoms. The van der Waals surface area contributed by atoms with E-state index in [0.29, 0.717) is 24.5 Å². The van der Waals surface area contributed by atoms with Gasteiger partial charge < -0.3 is 15.8 Å². The maximum absolute atomic E-state index is 12.3. The Bertz CT molecular complexity index is 435. The molecule has 1 aliphatic rings. The number of carbonyl (C=O) groups is 1. The van der Waals surface area contributed by atoms with Gasteiger partial charge in [-0.15, -0.1) is 0 Å². The maximum atomic E-state index is 12.3. The summed E-state index contributed by atoms with van der Waals surface area (Å²) in [5.74, 6) is -0.181. The lowest BCUT2D eigenvalue weighted by atomic mass is 9.94. The van der Waals surface area contributed by atoms with Gasteiger partial charge in [-0.25, -0.2) is 0 Å². The average molecular weight is 252 g/mol. The van der Waals surface area contributed by atoms with Gasteiger partial charge in [0.25, 0.3) is 5.91 Å². The minimum Gasteiger partial charge on any atom is -0.396 e. The molecule has 1 amide bonds. The van der Waals surface area contributed by atoms with Crippen LogP contribution in [0.2, 0.25) is 0 Å². The van der Waals surface area contributed by atoms with Gasteiger partial charge in [-0.2, -0.15) is 5.10 Å². The first kappa shape index (κ1) is 12.9. The summed E-state index contributed by atoms with van der Waals surface area (Å²) in [6.45, 7) is 5.84. The fourth-order valence-corrected chi connectivity index (χ4v) is 2.25. The molecule has 1 aliphatic heterocycles. The lowest BCUT2D eigenvalue weighted by Gasteiger charge is -2.34. The van der Waals surface area contributed by atoms with Crippen molar-refractivity contribution < 1.29 is 9.53 Å². The van der Waals surface area contributed by atoms with Crippen LogP contribution in [0.15, 0.2) is 6.20 Å². The summed E-state index contributed by atoms with van der Waals surface area (Å²) in [7, 11) is 0. The molecule has 1 fully saturated rings. The summed E-state index contributed by atoms with van der Waals surface area (Å²) in [5, 5.41) is 7.08. The number of nitrogen functional groups attached to an aromatic ring is 1. The van der Waals surface area contributed by atoms with Crippen LogP contribution >= 0.6 is 0 Å². The fourth-order valence-electron chi connectivity index (χ4n) is 2.25. The van der Waals surface area contributed by atoms with Crippen LogP contribution in [0.3, 0.4) is 0 Å². The molecule has 0 saturated carbocycles. The van der Waals surface area contributed by atoms with Gasteiger partial charge >= 0.3 is 0 Å². The van der Waals surface area contributed by atoms with E-state index >= 15 is 0 Å². The second-order valence-corrected chi connectivity index (χ2v) is 4.94. The minimum atomic E-state index is -0.315. The summed E-state index contributed by atoms with van der Waals surface area (Å²) in [6.07, 6.45) is 3.39. The Morgan fingerprint density at radius 1 is 1.72 bits per heavy atom. The third-order valence-electron chi connectivity index (χ3n) is 3.24. The molecule has 1 atom stereocenters. The van der Waals surface area contributed by atoms with E-state index in [0.717, 1.165) is 19.4 Å². The summed E-state index contributed by atoms with van der Waals surface area (Å²) in [5.41, 5.74) is 6.32. The number of ether oxygens (including phenoxy) is 1. The van der Waals surface area contributed by atoms with Crippen LogP contribution in [0.4, 0.5) is 5.69 Å². The third-order valence-corrected chi connectivity index (χ3v) is 3.24. The monoisotopic (exact) mass is 252 g/mol. The normalized spacial score (nSPS) is 23.9. The van der Waals surface area contributed by atoms with Crippen LogP contribution in [0, 0.1) is 0 Å². The van der Waals surface area contributed by atoms with E-state index in [1.54, 1.807) is 4.68 Å².